The molecule has 3 aliphatic rings. The van der Waals surface area contributed by atoms with Gasteiger partial charge in [-0.1, -0.05) is 13.0 Å². The van der Waals surface area contributed by atoms with Gasteiger partial charge in [0.2, 0.25) is 0 Å². The number of nitrogens with one attached hydrogen (secondary N) is 1. The summed E-state index contributed by atoms with van der Waals surface area (Å²) in [5.41, 5.74) is 6.40. The number of hydrogen-bond acceptors (Lipinski definition) is 6. The number of aromatic nitrogens is 3. The molecule has 0 radical (unpaired) electrons. The van der Waals surface area contributed by atoms with Crippen LogP contribution in [0.1, 0.15) is 24.0 Å². The Kier molecular flexibility index (Phi) is 4.05. The van der Waals surface area contributed by atoms with Crippen molar-refractivity contribution in [3.05, 3.63) is 47.8 Å². The number of nitrogens with zero attached hydrogens (tertiary/aromatic N) is 5. The Labute approximate surface area is 176 Å². The van der Waals surface area contributed by atoms with Gasteiger partial charge < -0.3 is 19.9 Å². The summed E-state index contributed by atoms with van der Waals surface area (Å²) < 4.78 is 7.91. The highest BCUT2D eigenvalue weighted by Crippen LogP contribution is 2.38. The highest BCUT2D eigenvalue weighted by atomic mass is 16.5. The maximum atomic E-state index is 6.06. The molecule has 1 aromatic carbocycles. The second-order valence-electron chi connectivity index (χ2n) is 9.06. The van der Waals surface area contributed by atoms with Crippen molar-refractivity contribution in [1.82, 2.24) is 20.1 Å². The lowest BCUT2D eigenvalue weighted by Crippen LogP contribution is -2.70. The number of anilines is 2. The standard InChI is InChI=1S/C23H28N6O/c1-16-11-28(21-5-6-25-22-20(21)10-26-27(22)2)12-17-3-4-18(9-19(16)17)29-14-23(15-29)13-24-7-8-30-23/h3-6,9-10,16,24H,7-8,11-15H2,1-2H3/t16-/m0/s1. The van der Waals surface area contributed by atoms with Crippen LogP contribution in [0.25, 0.3) is 11.0 Å². The fourth-order valence-electron chi connectivity index (χ4n) is 5.32. The lowest BCUT2D eigenvalue weighted by atomic mass is 9.88. The maximum Gasteiger partial charge on any atom is 0.159 e. The Hall–Kier alpha value is -2.64. The maximum absolute atomic E-state index is 6.06. The number of pyridine rings is 1. The molecule has 156 valence electrons. The molecule has 2 aromatic heterocycles. The topological polar surface area (TPSA) is 58.5 Å². The molecule has 1 spiro atoms. The predicted octanol–water partition coefficient (Wildman–Crippen LogP) is 2.27. The van der Waals surface area contributed by atoms with Crippen LogP contribution < -0.4 is 15.1 Å². The minimum atomic E-state index is 0.0208. The van der Waals surface area contributed by atoms with E-state index in [1.165, 1.54) is 22.5 Å². The van der Waals surface area contributed by atoms with Crippen molar-refractivity contribution in [3.63, 3.8) is 0 Å². The number of morpholine rings is 1. The van der Waals surface area contributed by atoms with Gasteiger partial charge in [-0.05, 0) is 35.2 Å². The van der Waals surface area contributed by atoms with Crippen LogP contribution in [0, 0.1) is 0 Å². The summed E-state index contributed by atoms with van der Waals surface area (Å²) in [7, 11) is 1.95. The zero-order chi connectivity index (χ0) is 20.3. The van der Waals surface area contributed by atoms with Gasteiger partial charge in [0.15, 0.2) is 5.65 Å². The highest BCUT2D eigenvalue weighted by Gasteiger charge is 2.45. The fraction of sp³-hybridized carbons (Fsp3) is 0.478. The number of benzene rings is 1. The van der Waals surface area contributed by atoms with Crippen molar-refractivity contribution in [2.24, 2.45) is 7.05 Å². The van der Waals surface area contributed by atoms with Crippen molar-refractivity contribution in [3.8, 4) is 0 Å². The molecule has 0 amide bonds. The number of hydrogen-bond donors (Lipinski definition) is 1. The van der Waals surface area contributed by atoms with E-state index < -0.39 is 0 Å². The van der Waals surface area contributed by atoms with Crippen LogP contribution in [0.5, 0.6) is 0 Å². The zero-order valence-corrected chi connectivity index (χ0v) is 17.6. The Morgan fingerprint density at radius 1 is 1.20 bits per heavy atom. The molecule has 5 heterocycles. The molecule has 30 heavy (non-hydrogen) atoms. The van der Waals surface area contributed by atoms with Crippen molar-refractivity contribution in [2.75, 3.05) is 49.1 Å². The first-order valence-corrected chi connectivity index (χ1v) is 10.9. The van der Waals surface area contributed by atoms with Crippen LogP contribution in [-0.2, 0) is 18.3 Å². The Bertz CT molecular complexity index is 1090. The molecule has 7 nitrogen and oxygen atoms in total. The largest absolute Gasteiger partial charge is 0.369 e. The van der Waals surface area contributed by atoms with Crippen LogP contribution in [0.3, 0.4) is 0 Å². The number of ether oxygens (including phenoxy) is 1. The summed E-state index contributed by atoms with van der Waals surface area (Å²) in [6.45, 7) is 8.98. The van der Waals surface area contributed by atoms with Gasteiger partial charge in [-0.25, -0.2) is 4.98 Å². The van der Waals surface area contributed by atoms with Gasteiger partial charge in [-0.2, -0.15) is 5.10 Å². The molecule has 0 saturated carbocycles. The second kappa shape index (κ2) is 6.68. The van der Waals surface area contributed by atoms with Gasteiger partial charge in [-0.15, -0.1) is 0 Å². The average molecular weight is 405 g/mol. The van der Waals surface area contributed by atoms with Gasteiger partial charge in [0.1, 0.15) is 5.60 Å². The summed E-state index contributed by atoms with van der Waals surface area (Å²) in [5.74, 6) is 0.469. The lowest BCUT2D eigenvalue weighted by Gasteiger charge is -2.53. The average Bonchev–Trinajstić information content (AvgIpc) is 3.13. The van der Waals surface area contributed by atoms with E-state index in [0.29, 0.717) is 5.92 Å². The Morgan fingerprint density at radius 3 is 2.93 bits per heavy atom. The molecule has 0 bridgehead atoms. The first-order chi connectivity index (χ1) is 14.6. The molecular weight excluding hydrogens is 376 g/mol. The smallest absolute Gasteiger partial charge is 0.159 e. The molecule has 1 N–H and O–H groups in total. The van der Waals surface area contributed by atoms with E-state index in [9.17, 15) is 0 Å². The normalized spacial score (nSPS) is 22.9. The highest BCUT2D eigenvalue weighted by molar-refractivity contribution is 5.89. The fourth-order valence-corrected chi connectivity index (χ4v) is 5.32. The molecule has 7 heteroatoms. The molecule has 3 aliphatic heterocycles. The first-order valence-electron chi connectivity index (χ1n) is 10.9. The molecule has 6 rings (SSSR count). The van der Waals surface area contributed by atoms with Gasteiger partial charge in [0.05, 0.1) is 37.0 Å². The lowest BCUT2D eigenvalue weighted by molar-refractivity contribution is -0.0828. The summed E-state index contributed by atoms with van der Waals surface area (Å²) in [5, 5.41) is 9.00. The van der Waals surface area contributed by atoms with E-state index in [0.717, 1.165) is 56.9 Å². The number of aryl methyl sites for hydroxylation is 1. The second-order valence-corrected chi connectivity index (χ2v) is 9.06. The van der Waals surface area contributed by atoms with Crippen molar-refractivity contribution < 1.29 is 4.74 Å². The Balaban J connectivity index is 1.25. The van der Waals surface area contributed by atoms with Gasteiger partial charge >= 0.3 is 0 Å². The zero-order valence-electron chi connectivity index (χ0n) is 17.6. The van der Waals surface area contributed by atoms with Crippen molar-refractivity contribution >= 4 is 22.4 Å². The van der Waals surface area contributed by atoms with Crippen LogP contribution in [0.15, 0.2) is 36.7 Å². The quantitative estimate of drug-likeness (QED) is 0.707. The van der Waals surface area contributed by atoms with Crippen LogP contribution in [-0.4, -0.2) is 59.7 Å². The molecule has 0 aliphatic carbocycles. The van der Waals surface area contributed by atoms with E-state index in [1.54, 1.807) is 0 Å². The first kappa shape index (κ1) is 18.2. The summed E-state index contributed by atoms with van der Waals surface area (Å²) in [4.78, 5) is 9.42. The van der Waals surface area contributed by atoms with Crippen molar-refractivity contribution in [2.45, 2.75) is 25.0 Å². The minimum Gasteiger partial charge on any atom is -0.369 e. The van der Waals surface area contributed by atoms with Gasteiger partial charge in [0.25, 0.3) is 0 Å². The van der Waals surface area contributed by atoms with E-state index in [-0.39, 0.29) is 5.60 Å². The van der Waals surface area contributed by atoms with E-state index in [1.807, 2.05) is 24.1 Å². The van der Waals surface area contributed by atoms with Crippen LogP contribution in [0.4, 0.5) is 11.4 Å². The summed E-state index contributed by atoms with van der Waals surface area (Å²) >= 11 is 0. The third-order valence-corrected chi connectivity index (χ3v) is 6.93. The van der Waals surface area contributed by atoms with E-state index in [4.69, 9.17) is 4.74 Å². The molecule has 1 atom stereocenters. The monoisotopic (exact) mass is 404 g/mol. The molecular formula is C23H28N6O. The van der Waals surface area contributed by atoms with Crippen molar-refractivity contribution in [1.29, 1.82) is 0 Å². The number of rotatable bonds is 2. The predicted molar refractivity (Wildman–Crippen MR) is 118 cm³/mol. The third kappa shape index (κ3) is 2.80. The number of fused-ring (bicyclic) bond motifs is 2. The third-order valence-electron chi connectivity index (χ3n) is 6.93. The van der Waals surface area contributed by atoms with Crippen LogP contribution >= 0.6 is 0 Å². The summed E-state index contributed by atoms with van der Waals surface area (Å²) in [6, 6.07) is 9.13. The van der Waals surface area contributed by atoms with Gasteiger partial charge in [-0.3, -0.25) is 4.68 Å². The molecule has 3 aromatic rings. The Morgan fingerprint density at radius 2 is 2.10 bits per heavy atom. The van der Waals surface area contributed by atoms with E-state index in [2.05, 4.69) is 56.4 Å². The molecule has 2 fully saturated rings. The summed E-state index contributed by atoms with van der Waals surface area (Å²) in [6.07, 6.45) is 3.83. The minimum absolute atomic E-state index is 0.0208. The molecule has 2 saturated heterocycles. The van der Waals surface area contributed by atoms with Gasteiger partial charge in [0, 0.05) is 45.1 Å². The van der Waals surface area contributed by atoms with Crippen LogP contribution in [0.2, 0.25) is 0 Å². The van der Waals surface area contributed by atoms with E-state index >= 15 is 0 Å². The molecule has 0 unspecified atom stereocenters. The SMILES string of the molecule is C[C@H]1CN(c2ccnc3c2cnn3C)Cc2ccc(N3CC4(CNCCO4)C3)cc21.